The maximum absolute atomic E-state index is 13.2. The largest absolute Gasteiger partial charge is 0.487 e. The van der Waals surface area contributed by atoms with E-state index in [0.29, 0.717) is 69.9 Å². The van der Waals surface area contributed by atoms with E-state index in [4.69, 9.17) is 25.8 Å². The molecule has 48 heavy (non-hydrogen) atoms. The Morgan fingerprint density at radius 1 is 1.12 bits per heavy atom. The zero-order valence-electron chi connectivity index (χ0n) is 27.5. The zero-order valence-corrected chi connectivity index (χ0v) is 28.2. The number of rotatable bonds is 9. The fourth-order valence-electron chi connectivity index (χ4n) is 5.77. The van der Waals surface area contributed by atoms with Gasteiger partial charge in [0.05, 0.1) is 40.7 Å². The number of hydrogen-bond acceptors (Lipinski definition) is 8. The van der Waals surface area contributed by atoms with Gasteiger partial charge in [0, 0.05) is 35.8 Å². The van der Waals surface area contributed by atoms with Gasteiger partial charge in [0.15, 0.2) is 0 Å². The number of anilines is 3. The molecule has 2 fully saturated rings. The molecule has 6 rings (SSSR count). The van der Waals surface area contributed by atoms with Crippen LogP contribution in [0, 0.1) is 11.3 Å². The molecule has 3 heterocycles. The van der Waals surface area contributed by atoms with Gasteiger partial charge in [-0.1, -0.05) is 62.2 Å². The van der Waals surface area contributed by atoms with Gasteiger partial charge < -0.3 is 30.2 Å². The van der Waals surface area contributed by atoms with Crippen molar-refractivity contribution in [3.8, 4) is 17.6 Å². The van der Waals surface area contributed by atoms with E-state index in [1.54, 1.807) is 30.3 Å². The Morgan fingerprint density at radius 3 is 2.60 bits per heavy atom. The number of halogens is 1. The van der Waals surface area contributed by atoms with E-state index < -0.39 is 0 Å². The van der Waals surface area contributed by atoms with Crippen molar-refractivity contribution in [1.82, 2.24) is 10.3 Å². The number of aromatic nitrogens is 1. The van der Waals surface area contributed by atoms with Gasteiger partial charge in [-0.05, 0) is 66.7 Å². The molecule has 1 unspecified atom stereocenters. The lowest BCUT2D eigenvalue weighted by Crippen LogP contribution is -2.24. The van der Waals surface area contributed by atoms with Crippen molar-refractivity contribution in [2.24, 2.45) is 0 Å². The van der Waals surface area contributed by atoms with Gasteiger partial charge >= 0.3 is 0 Å². The van der Waals surface area contributed by atoms with E-state index in [1.807, 2.05) is 6.07 Å². The van der Waals surface area contributed by atoms with Crippen LogP contribution in [0.3, 0.4) is 0 Å². The first-order chi connectivity index (χ1) is 23.2. The van der Waals surface area contributed by atoms with Crippen LogP contribution in [-0.4, -0.2) is 43.3 Å². The molecule has 2 aliphatic heterocycles. The summed E-state index contributed by atoms with van der Waals surface area (Å²) in [7, 11) is 0. The third-order valence-corrected chi connectivity index (χ3v) is 8.82. The molecule has 3 aromatic carbocycles. The first-order valence-corrected chi connectivity index (χ1v) is 16.7. The second-order valence-corrected chi connectivity index (χ2v) is 13.6. The lowest BCUT2D eigenvalue weighted by molar-refractivity contribution is -0.112. The van der Waals surface area contributed by atoms with Crippen LogP contribution in [0.4, 0.5) is 17.1 Å². The van der Waals surface area contributed by atoms with Crippen LogP contribution in [0.15, 0.2) is 72.4 Å². The molecule has 1 aromatic heterocycles. The van der Waals surface area contributed by atoms with Crippen LogP contribution < -0.4 is 25.4 Å². The van der Waals surface area contributed by atoms with Crippen molar-refractivity contribution in [1.29, 1.82) is 5.26 Å². The predicted octanol–water partition coefficient (Wildman–Crippen LogP) is 7.80. The Morgan fingerprint density at radius 2 is 1.92 bits per heavy atom. The molecular weight excluding hydrogens is 626 g/mol. The van der Waals surface area contributed by atoms with Gasteiger partial charge in [-0.3, -0.25) is 9.78 Å². The molecule has 1 amide bonds. The summed E-state index contributed by atoms with van der Waals surface area (Å²) < 4.78 is 17.9. The second kappa shape index (κ2) is 14.7. The summed E-state index contributed by atoms with van der Waals surface area (Å²) in [4.78, 5) is 17.7. The van der Waals surface area contributed by atoms with E-state index in [-0.39, 0.29) is 17.4 Å². The number of hydrogen-bond donors (Lipinski definition) is 3. The highest BCUT2D eigenvalue weighted by Crippen LogP contribution is 2.38. The summed E-state index contributed by atoms with van der Waals surface area (Å²) >= 11 is 6.68. The smallest absolute Gasteiger partial charge is 0.248 e. The molecule has 0 radical (unpaired) electrons. The van der Waals surface area contributed by atoms with E-state index in [0.717, 1.165) is 43.5 Å². The highest BCUT2D eigenvalue weighted by Gasteiger charge is 2.22. The number of fused-ring (bicyclic) bond motifs is 1. The van der Waals surface area contributed by atoms with Crippen molar-refractivity contribution < 1.29 is 19.0 Å². The number of amides is 1. The van der Waals surface area contributed by atoms with Crippen molar-refractivity contribution in [2.45, 2.75) is 58.2 Å². The third kappa shape index (κ3) is 8.08. The monoisotopic (exact) mass is 665 g/mol. The molecule has 3 N–H and O–H groups in total. The Bertz CT molecular complexity index is 1860. The molecule has 1 atom stereocenters. The zero-order chi connectivity index (χ0) is 33.7. The molecule has 0 saturated carbocycles. The Hall–Kier alpha value is -4.62. The summed E-state index contributed by atoms with van der Waals surface area (Å²) in [5, 5.41) is 20.8. The fourth-order valence-corrected chi connectivity index (χ4v) is 6.00. The summed E-state index contributed by atoms with van der Waals surface area (Å²) in [6.07, 6.45) is 5.46. The van der Waals surface area contributed by atoms with Gasteiger partial charge in [0.25, 0.3) is 0 Å². The first-order valence-electron chi connectivity index (χ1n) is 16.3. The highest BCUT2D eigenvalue weighted by atomic mass is 35.5. The fraction of sp³-hybridized carbons (Fsp3) is 0.342. The number of carbonyl (C=O) groups excluding carboxylic acids is 1. The molecule has 9 nitrogen and oxygen atoms in total. The summed E-state index contributed by atoms with van der Waals surface area (Å²) in [5.41, 5.74) is 6.11. The number of nitrogens with one attached hydrogen (secondary N) is 3. The van der Waals surface area contributed by atoms with Gasteiger partial charge in [-0.2, -0.15) is 5.26 Å². The lowest BCUT2D eigenvalue weighted by Gasteiger charge is -2.19. The topological polar surface area (TPSA) is 118 Å². The molecule has 10 heteroatoms. The number of benzene rings is 3. The molecule has 0 aliphatic carbocycles. The summed E-state index contributed by atoms with van der Waals surface area (Å²) in [6.45, 7) is 9.74. The summed E-state index contributed by atoms with van der Waals surface area (Å²) in [5.74, 6) is 0.814. The van der Waals surface area contributed by atoms with Gasteiger partial charge in [0.2, 0.25) is 5.91 Å². The Labute approximate surface area is 286 Å². The van der Waals surface area contributed by atoms with E-state index in [9.17, 15) is 10.1 Å². The Balaban J connectivity index is 1.26. The molecule has 0 bridgehead atoms. The standard InChI is InChI=1S/C38H40ClN5O4/c1-38(2,3)27-6-4-25(5-7-27)22-47-34-9-8-28(17-31(34)39)43-37-26(20-40)21-42-32-19-35(48-29-12-15-46-23-29)33(18-30(32)37)44-36(45)16-24-10-13-41-14-11-24/h4-9,16-19,21,29,41H,10-15,22-23H2,1-3H3,(H,42,43)(H,44,45). The normalized spacial score (nSPS) is 16.3. The second-order valence-electron chi connectivity index (χ2n) is 13.2. The number of nitrogens with zero attached hydrogens (tertiary/aromatic N) is 2. The van der Waals surface area contributed by atoms with Gasteiger partial charge in [-0.15, -0.1) is 0 Å². The number of piperidine rings is 1. The van der Waals surface area contributed by atoms with E-state index in [2.05, 4.69) is 72.0 Å². The average molecular weight is 666 g/mol. The van der Waals surface area contributed by atoms with Crippen LogP contribution >= 0.6 is 11.6 Å². The number of nitriles is 1. The highest BCUT2D eigenvalue weighted by molar-refractivity contribution is 6.32. The number of ether oxygens (including phenoxy) is 3. The summed E-state index contributed by atoms with van der Waals surface area (Å²) in [6, 6.07) is 19.7. The molecule has 2 aliphatic rings. The van der Waals surface area contributed by atoms with E-state index in [1.165, 1.54) is 11.8 Å². The molecule has 2 saturated heterocycles. The average Bonchev–Trinajstić information content (AvgIpc) is 3.58. The maximum Gasteiger partial charge on any atom is 0.248 e. The van der Waals surface area contributed by atoms with Crippen molar-refractivity contribution in [3.63, 3.8) is 0 Å². The van der Waals surface area contributed by atoms with Crippen LogP contribution in [0.25, 0.3) is 10.9 Å². The van der Waals surface area contributed by atoms with Gasteiger partial charge in [-0.25, -0.2) is 0 Å². The minimum Gasteiger partial charge on any atom is -0.487 e. The molecule has 0 spiro atoms. The van der Waals surface area contributed by atoms with Crippen molar-refractivity contribution >= 4 is 45.5 Å². The minimum absolute atomic E-state index is 0.0813. The van der Waals surface area contributed by atoms with E-state index >= 15 is 0 Å². The van der Waals surface area contributed by atoms with Crippen molar-refractivity contribution in [2.75, 3.05) is 36.9 Å². The molecule has 248 valence electrons. The van der Waals surface area contributed by atoms with Gasteiger partial charge in [0.1, 0.15) is 30.3 Å². The van der Waals surface area contributed by atoms with Crippen molar-refractivity contribution in [3.05, 3.63) is 94.2 Å². The molecular formula is C38H40ClN5O4. The molecule has 4 aromatic rings. The lowest BCUT2D eigenvalue weighted by atomic mass is 9.87. The van der Waals surface area contributed by atoms with Crippen LogP contribution in [0.2, 0.25) is 5.02 Å². The number of pyridine rings is 1. The van der Waals surface area contributed by atoms with Crippen LogP contribution in [-0.2, 0) is 21.6 Å². The first kappa shape index (κ1) is 33.3. The predicted molar refractivity (Wildman–Crippen MR) is 189 cm³/mol. The maximum atomic E-state index is 13.2. The van der Waals surface area contributed by atoms with Crippen LogP contribution in [0.1, 0.15) is 56.7 Å². The van der Waals surface area contributed by atoms with Crippen LogP contribution in [0.5, 0.6) is 11.5 Å². The number of carbonyl (C=O) groups is 1. The third-order valence-electron chi connectivity index (χ3n) is 8.53. The minimum atomic E-state index is -0.231. The quantitative estimate of drug-likeness (QED) is 0.155. The SMILES string of the molecule is CC(C)(C)c1ccc(COc2ccc(Nc3c(C#N)cnc4cc(OC5CCOC5)c(NC(=O)C=C5CCNCC5)cc34)cc2Cl)cc1. The Kier molecular flexibility index (Phi) is 10.2.